The van der Waals surface area contributed by atoms with Gasteiger partial charge < -0.3 is 24.8 Å². The number of methoxy groups -OCH3 is 2. The molecule has 0 atom stereocenters. The summed E-state index contributed by atoms with van der Waals surface area (Å²) in [5.41, 5.74) is 0.865. The second-order valence-electron chi connectivity index (χ2n) is 8.38. The molecule has 0 saturated carbocycles. The average Bonchev–Trinajstić information content (AvgIpc) is 3.28. The minimum absolute atomic E-state index is 0.0722. The number of carbonyl (C=O) groups excluding carboxylic acids is 1. The van der Waals surface area contributed by atoms with E-state index in [1.165, 1.54) is 18.9 Å². The van der Waals surface area contributed by atoms with Gasteiger partial charge in [-0.1, -0.05) is 42.5 Å². The number of fused-ring (bicyclic) bond motifs is 1. The number of benzene rings is 3. The zero-order chi connectivity index (χ0) is 25.8. The Hall–Kier alpha value is -4.37. The number of aromatic carboxylic acids is 1. The quantitative estimate of drug-likeness (QED) is 0.370. The molecule has 0 aliphatic heterocycles. The van der Waals surface area contributed by atoms with Gasteiger partial charge in [0.15, 0.2) is 5.69 Å². The fourth-order valence-corrected chi connectivity index (χ4v) is 4.15. The van der Waals surface area contributed by atoms with E-state index in [1.54, 1.807) is 18.2 Å². The van der Waals surface area contributed by atoms with Crippen molar-refractivity contribution in [2.45, 2.75) is 0 Å². The van der Waals surface area contributed by atoms with Crippen LogP contribution in [-0.2, 0) is 0 Å². The van der Waals surface area contributed by atoms with Crippen molar-refractivity contribution in [3.05, 3.63) is 71.9 Å². The van der Waals surface area contributed by atoms with Crippen molar-refractivity contribution in [3.8, 4) is 28.4 Å². The Labute approximate surface area is 208 Å². The molecule has 4 rings (SSSR count). The predicted molar refractivity (Wildman–Crippen MR) is 137 cm³/mol. The summed E-state index contributed by atoms with van der Waals surface area (Å²) >= 11 is 0. The highest BCUT2D eigenvalue weighted by Gasteiger charge is 2.32. The number of aromatic nitrogens is 2. The summed E-state index contributed by atoms with van der Waals surface area (Å²) in [4.78, 5) is 27.8. The molecule has 3 aromatic carbocycles. The summed E-state index contributed by atoms with van der Waals surface area (Å²) in [5, 5.41) is 19.2. The summed E-state index contributed by atoms with van der Waals surface area (Å²) in [7, 11) is 6.79. The Morgan fingerprint density at radius 1 is 0.972 bits per heavy atom. The molecule has 1 amide bonds. The van der Waals surface area contributed by atoms with Crippen molar-refractivity contribution >= 4 is 22.6 Å². The molecule has 0 unspecified atom stereocenters. The van der Waals surface area contributed by atoms with Crippen LogP contribution in [0.4, 0.5) is 0 Å². The standard InChI is InChI=1S/C27H28N4O5/c1-30(2)16-15-28-26(32)23-24(27(33)34)29-31(19-12-7-10-17-9-5-6-11-18(17)19)25(23)22-20(35-3)13-8-14-21(22)36-4/h5-14H,15-16H2,1-4H3,(H,28,32)(H,33,34). The first kappa shape index (κ1) is 24.7. The van der Waals surface area contributed by atoms with Crippen LogP contribution in [0.1, 0.15) is 20.8 Å². The molecular formula is C27H28N4O5. The smallest absolute Gasteiger partial charge is 0.357 e. The molecule has 0 fully saturated rings. The largest absolute Gasteiger partial charge is 0.496 e. The lowest BCUT2D eigenvalue weighted by atomic mass is 10.0. The number of nitrogens with zero attached hydrogens (tertiary/aromatic N) is 3. The number of amides is 1. The van der Waals surface area contributed by atoms with E-state index < -0.39 is 11.9 Å². The van der Waals surface area contributed by atoms with E-state index in [9.17, 15) is 14.7 Å². The summed E-state index contributed by atoms with van der Waals surface area (Å²) in [6.07, 6.45) is 0. The maximum absolute atomic E-state index is 13.5. The van der Waals surface area contributed by atoms with Gasteiger partial charge in [0.05, 0.1) is 31.2 Å². The summed E-state index contributed by atoms with van der Waals surface area (Å²) in [5.74, 6) is -1.05. The van der Waals surface area contributed by atoms with Crippen LogP contribution < -0.4 is 14.8 Å². The monoisotopic (exact) mass is 488 g/mol. The number of hydrogen-bond acceptors (Lipinski definition) is 6. The predicted octanol–water partition coefficient (Wildman–Crippen LogP) is 3.70. The highest BCUT2D eigenvalue weighted by Crippen LogP contribution is 2.42. The SMILES string of the molecule is COc1cccc(OC)c1-c1c(C(=O)NCCN(C)C)c(C(=O)O)nn1-c1cccc2ccccc12. The summed E-state index contributed by atoms with van der Waals surface area (Å²) in [6, 6.07) is 18.6. The third-order valence-corrected chi connectivity index (χ3v) is 5.82. The Balaban J connectivity index is 2.08. The van der Waals surface area contributed by atoms with Crippen LogP contribution in [0.5, 0.6) is 11.5 Å². The fourth-order valence-electron chi connectivity index (χ4n) is 4.15. The van der Waals surface area contributed by atoms with Gasteiger partial charge in [-0.3, -0.25) is 4.79 Å². The third-order valence-electron chi connectivity index (χ3n) is 5.82. The van der Waals surface area contributed by atoms with Gasteiger partial charge >= 0.3 is 5.97 Å². The molecule has 36 heavy (non-hydrogen) atoms. The Kier molecular flexibility index (Phi) is 7.21. The molecule has 0 aliphatic rings. The fraction of sp³-hybridized carbons (Fsp3) is 0.222. The van der Waals surface area contributed by atoms with Crippen molar-refractivity contribution in [2.75, 3.05) is 41.4 Å². The first-order valence-corrected chi connectivity index (χ1v) is 11.4. The summed E-state index contributed by atoms with van der Waals surface area (Å²) < 4.78 is 12.8. The van der Waals surface area contributed by atoms with Gasteiger partial charge in [0, 0.05) is 18.5 Å². The minimum atomic E-state index is -1.32. The van der Waals surface area contributed by atoms with Gasteiger partial charge in [0.2, 0.25) is 0 Å². The summed E-state index contributed by atoms with van der Waals surface area (Å²) in [6.45, 7) is 0.908. The zero-order valence-electron chi connectivity index (χ0n) is 20.6. The molecule has 186 valence electrons. The van der Waals surface area contributed by atoms with Crippen LogP contribution in [0, 0.1) is 0 Å². The maximum Gasteiger partial charge on any atom is 0.357 e. The number of carboxylic acid groups (broad SMARTS) is 1. The van der Waals surface area contributed by atoms with E-state index in [1.807, 2.05) is 61.5 Å². The van der Waals surface area contributed by atoms with Crippen molar-refractivity contribution < 1.29 is 24.2 Å². The van der Waals surface area contributed by atoms with E-state index >= 15 is 0 Å². The highest BCUT2D eigenvalue weighted by atomic mass is 16.5. The number of likely N-dealkylation sites (N-methyl/N-ethyl adjacent to an activating group) is 1. The third kappa shape index (κ3) is 4.60. The van der Waals surface area contributed by atoms with Gasteiger partial charge in [-0.2, -0.15) is 5.10 Å². The normalized spacial score (nSPS) is 11.0. The van der Waals surface area contributed by atoms with Crippen LogP contribution >= 0.6 is 0 Å². The van der Waals surface area contributed by atoms with Gasteiger partial charge in [0.1, 0.15) is 17.1 Å². The first-order chi connectivity index (χ1) is 17.4. The first-order valence-electron chi connectivity index (χ1n) is 11.4. The second-order valence-corrected chi connectivity index (χ2v) is 8.38. The Morgan fingerprint density at radius 2 is 1.61 bits per heavy atom. The van der Waals surface area contributed by atoms with Crippen molar-refractivity contribution in [1.29, 1.82) is 0 Å². The topological polar surface area (TPSA) is 106 Å². The van der Waals surface area contributed by atoms with Gasteiger partial charge in [-0.15, -0.1) is 0 Å². The lowest BCUT2D eigenvalue weighted by Gasteiger charge is -2.17. The van der Waals surface area contributed by atoms with Crippen molar-refractivity contribution in [3.63, 3.8) is 0 Å². The van der Waals surface area contributed by atoms with Gasteiger partial charge in [-0.25, -0.2) is 9.48 Å². The van der Waals surface area contributed by atoms with Crippen molar-refractivity contribution in [1.82, 2.24) is 20.0 Å². The maximum atomic E-state index is 13.5. The van der Waals surface area contributed by atoms with Crippen LogP contribution in [-0.4, -0.2) is 73.1 Å². The molecule has 0 saturated heterocycles. The number of carbonyl (C=O) groups is 2. The van der Waals surface area contributed by atoms with E-state index in [0.717, 1.165) is 10.8 Å². The van der Waals surface area contributed by atoms with Crippen molar-refractivity contribution in [2.24, 2.45) is 0 Å². The molecular weight excluding hydrogens is 460 g/mol. The van der Waals surface area contributed by atoms with E-state index in [4.69, 9.17) is 9.47 Å². The molecule has 0 spiro atoms. The number of carboxylic acids is 1. The molecule has 9 heteroatoms. The number of ether oxygens (including phenoxy) is 2. The van der Waals surface area contributed by atoms with Gasteiger partial charge in [-0.05, 0) is 37.7 Å². The number of rotatable bonds is 9. The van der Waals surface area contributed by atoms with E-state index in [-0.39, 0.29) is 17.0 Å². The van der Waals surface area contributed by atoms with Crippen LogP contribution in [0.3, 0.4) is 0 Å². The molecule has 0 bridgehead atoms. The number of nitrogens with one attached hydrogen (secondary N) is 1. The Bertz CT molecular complexity index is 1400. The van der Waals surface area contributed by atoms with E-state index in [2.05, 4.69) is 10.4 Å². The highest BCUT2D eigenvalue weighted by molar-refractivity contribution is 6.09. The molecule has 1 heterocycles. The van der Waals surface area contributed by atoms with Crippen LogP contribution in [0.15, 0.2) is 60.7 Å². The lowest BCUT2D eigenvalue weighted by molar-refractivity contribution is 0.0684. The average molecular weight is 489 g/mol. The second kappa shape index (κ2) is 10.5. The lowest BCUT2D eigenvalue weighted by Crippen LogP contribution is -2.32. The molecule has 0 aliphatic carbocycles. The van der Waals surface area contributed by atoms with Crippen LogP contribution in [0.2, 0.25) is 0 Å². The Morgan fingerprint density at radius 3 is 2.25 bits per heavy atom. The molecule has 2 N–H and O–H groups in total. The molecule has 9 nitrogen and oxygen atoms in total. The minimum Gasteiger partial charge on any atom is -0.496 e. The van der Waals surface area contributed by atoms with E-state index in [0.29, 0.717) is 35.8 Å². The zero-order valence-corrected chi connectivity index (χ0v) is 20.6. The van der Waals surface area contributed by atoms with Gasteiger partial charge in [0.25, 0.3) is 5.91 Å². The van der Waals surface area contributed by atoms with Crippen LogP contribution in [0.25, 0.3) is 27.7 Å². The molecule has 4 aromatic rings. The molecule has 1 aromatic heterocycles. The number of hydrogen-bond donors (Lipinski definition) is 2. The molecule has 0 radical (unpaired) electrons.